The zero-order chi connectivity index (χ0) is 16.5. The lowest BCUT2D eigenvalue weighted by molar-refractivity contribution is 0.181. The van der Waals surface area contributed by atoms with E-state index in [4.69, 9.17) is 4.42 Å². The topological polar surface area (TPSA) is 77.1 Å². The predicted octanol–water partition coefficient (Wildman–Crippen LogP) is 1.62. The molecule has 1 aliphatic heterocycles. The van der Waals surface area contributed by atoms with Gasteiger partial charge in [-0.2, -0.15) is 4.68 Å². The second kappa shape index (κ2) is 6.01. The molecule has 2 aromatic heterocycles. The van der Waals surface area contributed by atoms with Crippen molar-refractivity contribution in [2.24, 2.45) is 0 Å². The Hall–Kier alpha value is -2.80. The second-order valence-corrected chi connectivity index (χ2v) is 5.87. The molecule has 0 aliphatic carbocycles. The molecule has 7 nitrogen and oxygen atoms in total. The molecule has 0 saturated heterocycles. The number of benzene rings is 1. The minimum absolute atomic E-state index is 0.344. The maximum atomic E-state index is 12.1. The number of aryl methyl sites for hydroxylation is 1. The van der Waals surface area contributed by atoms with Gasteiger partial charge in [-0.05, 0) is 19.1 Å². The highest BCUT2D eigenvalue weighted by Crippen LogP contribution is 2.18. The summed E-state index contributed by atoms with van der Waals surface area (Å²) in [7, 11) is 0. The van der Waals surface area contributed by atoms with Gasteiger partial charge in [0.2, 0.25) is 5.89 Å². The third kappa shape index (κ3) is 2.85. The van der Waals surface area contributed by atoms with Crippen LogP contribution in [0, 0.1) is 6.92 Å². The van der Waals surface area contributed by atoms with Gasteiger partial charge in [0, 0.05) is 42.5 Å². The van der Waals surface area contributed by atoms with Gasteiger partial charge < -0.3 is 4.42 Å². The van der Waals surface area contributed by atoms with E-state index in [-0.39, 0.29) is 0 Å². The van der Waals surface area contributed by atoms with Crippen LogP contribution in [0.3, 0.4) is 0 Å². The van der Waals surface area contributed by atoms with Crippen LogP contribution in [0.4, 0.5) is 0 Å². The average molecular weight is 323 g/mol. The van der Waals surface area contributed by atoms with Crippen LogP contribution in [0.1, 0.15) is 17.1 Å². The monoisotopic (exact) mass is 323 g/mol. The Morgan fingerprint density at radius 1 is 1.25 bits per heavy atom. The van der Waals surface area contributed by atoms with Gasteiger partial charge in [0.15, 0.2) is 0 Å². The number of hydrogen-bond acceptors (Lipinski definition) is 6. The lowest BCUT2D eigenvalue weighted by Gasteiger charge is -2.27. The van der Waals surface area contributed by atoms with Gasteiger partial charge in [0.1, 0.15) is 12.5 Å². The summed E-state index contributed by atoms with van der Waals surface area (Å²) in [6.45, 7) is 3.81. The fraction of sp³-hybridized carbons (Fsp3) is 0.294. The molecule has 7 heteroatoms. The van der Waals surface area contributed by atoms with Gasteiger partial charge in [0.25, 0.3) is 0 Å². The van der Waals surface area contributed by atoms with Gasteiger partial charge in [-0.1, -0.05) is 18.2 Å². The summed E-state index contributed by atoms with van der Waals surface area (Å²) in [4.78, 5) is 22.9. The molecule has 1 aliphatic rings. The van der Waals surface area contributed by atoms with E-state index in [1.165, 1.54) is 4.68 Å². The van der Waals surface area contributed by atoms with Crippen LogP contribution in [0.5, 0.6) is 0 Å². The highest BCUT2D eigenvalue weighted by atomic mass is 16.4. The van der Waals surface area contributed by atoms with Crippen LogP contribution < -0.4 is 5.76 Å². The van der Waals surface area contributed by atoms with E-state index in [1.54, 1.807) is 0 Å². The Bertz CT molecular complexity index is 916. The van der Waals surface area contributed by atoms with Crippen molar-refractivity contribution in [2.45, 2.75) is 26.6 Å². The molecule has 3 aromatic rings. The SMILES string of the molecule is Cc1ncc2c(n1)CCN(Cn1nc(-c3ccccc3)oc1=O)C2. The van der Waals surface area contributed by atoms with Crippen LogP contribution in [0.2, 0.25) is 0 Å². The van der Waals surface area contributed by atoms with E-state index in [9.17, 15) is 4.79 Å². The highest BCUT2D eigenvalue weighted by Gasteiger charge is 2.20. The quantitative estimate of drug-likeness (QED) is 0.729. The normalized spacial score (nSPS) is 14.5. The molecule has 0 N–H and O–H groups in total. The van der Waals surface area contributed by atoms with E-state index in [2.05, 4.69) is 20.0 Å². The molecule has 0 bridgehead atoms. The molecule has 3 heterocycles. The molecule has 4 rings (SSSR count). The van der Waals surface area contributed by atoms with Gasteiger partial charge >= 0.3 is 5.76 Å². The van der Waals surface area contributed by atoms with Gasteiger partial charge in [-0.3, -0.25) is 4.90 Å². The summed E-state index contributed by atoms with van der Waals surface area (Å²) < 4.78 is 6.64. The molecule has 1 aromatic carbocycles. The summed E-state index contributed by atoms with van der Waals surface area (Å²) >= 11 is 0. The van der Waals surface area contributed by atoms with Crippen molar-refractivity contribution in [1.29, 1.82) is 0 Å². The third-order valence-corrected chi connectivity index (χ3v) is 4.09. The lowest BCUT2D eigenvalue weighted by atomic mass is 10.1. The van der Waals surface area contributed by atoms with Crippen molar-refractivity contribution >= 4 is 0 Å². The van der Waals surface area contributed by atoms with Gasteiger partial charge in [-0.25, -0.2) is 14.8 Å². The maximum Gasteiger partial charge on any atom is 0.438 e. The summed E-state index contributed by atoms with van der Waals surface area (Å²) in [5.41, 5.74) is 2.99. The van der Waals surface area contributed by atoms with E-state index in [0.29, 0.717) is 19.1 Å². The molecular formula is C17H17N5O2. The molecule has 0 saturated carbocycles. The minimum Gasteiger partial charge on any atom is -0.388 e. The van der Waals surface area contributed by atoms with E-state index < -0.39 is 5.76 Å². The fourth-order valence-corrected chi connectivity index (χ4v) is 2.88. The van der Waals surface area contributed by atoms with Crippen molar-refractivity contribution in [1.82, 2.24) is 24.6 Å². The molecule has 0 radical (unpaired) electrons. The number of hydrogen-bond donors (Lipinski definition) is 0. The summed E-state index contributed by atoms with van der Waals surface area (Å²) in [6, 6.07) is 9.42. The smallest absolute Gasteiger partial charge is 0.388 e. The Labute approximate surface area is 138 Å². The fourth-order valence-electron chi connectivity index (χ4n) is 2.88. The van der Waals surface area contributed by atoms with Gasteiger partial charge in [0.05, 0.1) is 0 Å². The van der Waals surface area contributed by atoms with Gasteiger partial charge in [-0.15, -0.1) is 5.10 Å². The van der Waals surface area contributed by atoms with Crippen molar-refractivity contribution in [2.75, 3.05) is 6.54 Å². The van der Waals surface area contributed by atoms with Crippen molar-refractivity contribution in [3.8, 4) is 11.5 Å². The van der Waals surface area contributed by atoms with Crippen molar-refractivity contribution < 1.29 is 4.42 Å². The summed E-state index contributed by atoms with van der Waals surface area (Å²) in [5.74, 6) is 0.694. The van der Waals surface area contributed by atoms with E-state index >= 15 is 0 Å². The lowest BCUT2D eigenvalue weighted by Crippen LogP contribution is -2.36. The zero-order valence-corrected chi connectivity index (χ0v) is 13.3. The molecule has 0 fully saturated rings. The maximum absolute atomic E-state index is 12.1. The first-order chi connectivity index (χ1) is 11.7. The second-order valence-electron chi connectivity index (χ2n) is 5.87. The Morgan fingerprint density at radius 2 is 2.08 bits per heavy atom. The average Bonchev–Trinajstić information content (AvgIpc) is 2.97. The molecule has 122 valence electrons. The largest absolute Gasteiger partial charge is 0.438 e. The molecule has 24 heavy (non-hydrogen) atoms. The van der Waals surface area contributed by atoms with Crippen LogP contribution in [0.15, 0.2) is 45.7 Å². The predicted molar refractivity (Wildman–Crippen MR) is 87.1 cm³/mol. The van der Waals surface area contributed by atoms with Crippen molar-refractivity contribution in [3.63, 3.8) is 0 Å². The number of fused-ring (bicyclic) bond motifs is 1. The van der Waals surface area contributed by atoms with Crippen LogP contribution in [0.25, 0.3) is 11.5 Å². The Morgan fingerprint density at radius 3 is 2.92 bits per heavy atom. The molecule has 0 amide bonds. The first kappa shape index (κ1) is 14.8. The molecular weight excluding hydrogens is 306 g/mol. The standard InChI is InChI=1S/C17H17N5O2/c1-12-18-9-14-10-21(8-7-15(14)19-12)11-22-17(23)24-16(20-22)13-5-3-2-4-6-13/h2-6,9H,7-8,10-11H2,1H3. The van der Waals surface area contributed by atoms with Crippen LogP contribution in [-0.4, -0.2) is 31.2 Å². The Balaban J connectivity index is 1.53. The molecule has 0 unspecified atom stereocenters. The van der Waals surface area contributed by atoms with Crippen LogP contribution >= 0.6 is 0 Å². The number of nitrogens with zero attached hydrogens (tertiary/aromatic N) is 5. The van der Waals surface area contributed by atoms with E-state index in [1.807, 2.05) is 43.5 Å². The Kier molecular flexibility index (Phi) is 3.70. The third-order valence-electron chi connectivity index (χ3n) is 4.09. The van der Waals surface area contributed by atoms with Crippen LogP contribution in [-0.2, 0) is 19.6 Å². The summed E-state index contributed by atoms with van der Waals surface area (Å²) in [6.07, 6.45) is 2.71. The summed E-state index contributed by atoms with van der Waals surface area (Å²) in [5, 5.41) is 4.31. The first-order valence-corrected chi connectivity index (χ1v) is 7.86. The van der Waals surface area contributed by atoms with Crippen molar-refractivity contribution in [3.05, 3.63) is 64.2 Å². The molecule has 0 spiro atoms. The number of aromatic nitrogens is 4. The molecule has 0 atom stereocenters. The zero-order valence-electron chi connectivity index (χ0n) is 13.3. The first-order valence-electron chi connectivity index (χ1n) is 7.86. The highest BCUT2D eigenvalue weighted by molar-refractivity contribution is 5.51. The van der Waals surface area contributed by atoms with E-state index in [0.717, 1.165) is 35.6 Å². The minimum atomic E-state index is -0.445. The number of rotatable bonds is 3.